The zero-order valence-corrected chi connectivity index (χ0v) is 18.2. The van der Waals surface area contributed by atoms with E-state index in [1.807, 2.05) is 0 Å². The number of amides is 2. The van der Waals surface area contributed by atoms with Crippen molar-refractivity contribution in [1.29, 1.82) is 0 Å². The SMILES string of the molecule is O=C(Nc1ccncc1)Nc1ccc(CS(=O)(=O)c2cccc(-c3ccc(F)cc3)c2)cc1. The molecule has 33 heavy (non-hydrogen) atoms. The van der Waals surface area contributed by atoms with Crippen molar-refractivity contribution in [2.45, 2.75) is 10.6 Å². The molecule has 0 saturated heterocycles. The number of hydrogen-bond donors (Lipinski definition) is 2. The third-order valence-electron chi connectivity index (χ3n) is 4.88. The first-order chi connectivity index (χ1) is 15.9. The number of pyridine rings is 1. The Labute approximate surface area is 191 Å². The number of benzene rings is 3. The molecule has 0 unspecified atom stereocenters. The van der Waals surface area contributed by atoms with E-state index in [-0.39, 0.29) is 16.5 Å². The molecule has 8 heteroatoms. The number of rotatable bonds is 6. The summed E-state index contributed by atoms with van der Waals surface area (Å²) in [6.45, 7) is 0. The first-order valence-corrected chi connectivity index (χ1v) is 11.7. The number of carbonyl (C=O) groups excluding carboxylic acids is 1. The Morgan fingerprint density at radius 2 is 1.42 bits per heavy atom. The lowest BCUT2D eigenvalue weighted by Crippen LogP contribution is -2.19. The summed E-state index contributed by atoms with van der Waals surface area (Å²) in [6, 6.07) is 22.0. The Hall–Kier alpha value is -4.04. The molecule has 1 heterocycles. The first kappa shape index (κ1) is 22.2. The van der Waals surface area contributed by atoms with Crippen LogP contribution in [0.5, 0.6) is 0 Å². The Kier molecular flexibility index (Phi) is 6.46. The summed E-state index contributed by atoms with van der Waals surface area (Å²) in [6.07, 6.45) is 3.14. The molecule has 1 aromatic heterocycles. The second-order valence-corrected chi connectivity index (χ2v) is 9.30. The van der Waals surface area contributed by atoms with Gasteiger partial charge < -0.3 is 10.6 Å². The highest BCUT2D eigenvalue weighted by Crippen LogP contribution is 2.25. The predicted molar refractivity (Wildman–Crippen MR) is 126 cm³/mol. The summed E-state index contributed by atoms with van der Waals surface area (Å²) < 4.78 is 39.1. The smallest absolute Gasteiger partial charge is 0.308 e. The zero-order valence-electron chi connectivity index (χ0n) is 17.4. The summed E-state index contributed by atoms with van der Waals surface area (Å²) in [5.74, 6) is -0.543. The number of hydrogen-bond acceptors (Lipinski definition) is 4. The molecule has 0 aliphatic rings. The van der Waals surface area contributed by atoms with E-state index in [9.17, 15) is 17.6 Å². The van der Waals surface area contributed by atoms with Gasteiger partial charge in [0.25, 0.3) is 0 Å². The molecule has 166 valence electrons. The lowest BCUT2D eigenvalue weighted by atomic mass is 10.1. The second kappa shape index (κ2) is 9.62. The molecule has 4 aromatic rings. The van der Waals surface area contributed by atoms with Crippen molar-refractivity contribution in [3.8, 4) is 11.1 Å². The lowest BCUT2D eigenvalue weighted by Gasteiger charge is -2.10. The van der Waals surface area contributed by atoms with Crippen LogP contribution in [0.4, 0.5) is 20.6 Å². The van der Waals surface area contributed by atoms with E-state index in [0.717, 1.165) is 5.56 Å². The van der Waals surface area contributed by atoms with Gasteiger partial charge in [-0.25, -0.2) is 17.6 Å². The predicted octanol–water partition coefficient (Wildman–Crippen LogP) is 5.51. The van der Waals surface area contributed by atoms with Crippen LogP contribution < -0.4 is 10.6 Å². The number of urea groups is 1. The van der Waals surface area contributed by atoms with Crippen LogP contribution in [0.1, 0.15) is 5.56 Å². The van der Waals surface area contributed by atoms with Gasteiger partial charge in [0.1, 0.15) is 5.82 Å². The maximum atomic E-state index is 13.2. The summed E-state index contributed by atoms with van der Waals surface area (Å²) in [5, 5.41) is 5.37. The molecular formula is C25H20FN3O3S. The van der Waals surface area contributed by atoms with Crippen LogP contribution >= 0.6 is 0 Å². The average Bonchev–Trinajstić information content (AvgIpc) is 2.81. The Balaban J connectivity index is 1.43. The normalized spacial score (nSPS) is 11.1. The minimum absolute atomic E-state index is 0.184. The zero-order chi connectivity index (χ0) is 23.3. The molecule has 3 aromatic carbocycles. The molecule has 0 atom stereocenters. The fraction of sp³-hybridized carbons (Fsp3) is 0.0400. The lowest BCUT2D eigenvalue weighted by molar-refractivity contribution is 0.262. The molecule has 0 spiro atoms. The third-order valence-corrected chi connectivity index (χ3v) is 6.56. The quantitative estimate of drug-likeness (QED) is 0.397. The van der Waals surface area contributed by atoms with E-state index in [2.05, 4.69) is 15.6 Å². The molecule has 4 rings (SSSR count). The van der Waals surface area contributed by atoms with E-state index < -0.39 is 15.9 Å². The molecule has 0 radical (unpaired) electrons. The van der Waals surface area contributed by atoms with Crippen LogP contribution in [0.25, 0.3) is 11.1 Å². The van der Waals surface area contributed by atoms with Crippen molar-refractivity contribution in [1.82, 2.24) is 4.98 Å². The van der Waals surface area contributed by atoms with Gasteiger partial charge in [-0.3, -0.25) is 4.98 Å². The Morgan fingerprint density at radius 3 is 2.09 bits per heavy atom. The maximum Gasteiger partial charge on any atom is 0.323 e. The van der Waals surface area contributed by atoms with E-state index in [0.29, 0.717) is 22.5 Å². The molecule has 6 nitrogen and oxygen atoms in total. The number of carbonyl (C=O) groups is 1. The highest BCUT2D eigenvalue weighted by molar-refractivity contribution is 7.90. The van der Waals surface area contributed by atoms with Crippen molar-refractivity contribution in [3.05, 3.63) is 109 Å². The molecule has 0 bridgehead atoms. The molecule has 0 saturated carbocycles. The topological polar surface area (TPSA) is 88.2 Å². The number of nitrogens with one attached hydrogen (secondary N) is 2. The van der Waals surface area contributed by atoms with Gasteiger partial charge in [0, 0.05) is 23.8 Å². The Bertz CT molecular complexity index is 1360. The van der Waals surface area contributed by atoms with Crippen LogP contribution in [0.3, 0.4) is 0 Å². The number of halogens is 1. The van der Waals surface area contributed by atoms with Gasteiger partial charge in [-0.05, 0) is 65.2 Å². The number of nitrogens with zero attached hydrogens (tertiary/aromatic N) is 1. The highest BCUT2D eigenvalue weighted by Gasteiger charge is 2.16. The van der Waals surface area contributed by atoms with Gasteiger partial charge >= 0.3 is 6.03 Å². The van der Waals surface area contributed by atoms with E-state index in [4.69, 9.17) is 0 Å². The first-order valence-electron chi connectivity index (χ1n) is 10.0. The largest absolute Gasteiger partial charge is 0.323 e. The van der Waals surface area contributed by atoms with Crippen molar-refractivity contribution >= 4 is 27.2 Å². The number of sulfone groups is 1. The summed E-state index contributed by atoms with van der Waals surface area (Å²) in [5.41, 5.74) is 3.14. The second-order valence-electron chi connectivity index (χ2n) is 7.31. The van der Waals surface area contributed by atoms with Crippen molar-refractivity contribution < 1.29 is 17.6 Å². The van der Waals surface area contributed by atoms with Crippen LogP contribution in [-0.2, 0) is 15.6 Å². The molecular weight excluding hydrogens is 441 g/mol. The third kappa shape index (κ3) is 5.81. The monoisotopic (exact) mass is 461 g/mol. The average molecular weight is 462 g/mol. The van der Waals surface area contributed by atoms with Crippen LogP contribution in [0, 0.1) is 5.82 Å². The standard InChI is InChI=1S/C25H20FN3O3S/c26-21-8-6-19(7-9-21)20-2-1-3-24(16-20)33(31,32)17-18-4-10-22(11-5-18)28-25(30)29-23-12-14-27-15-13-23/h1-16H,17H2,(H2,27,28,29,30). The van der Waals surface area contributed by atoms with Crippen LogP contribution in [0.15, 0.2) is 102 Å². The number of aromatic nitrogens is 1. The molecule has 2 amide bonds. The number of anilines is 2. The molecule has 0 aliphatic heterocycles. The maximum absolute atomic E-state index is 13.2. The van der Waals surface area contributed by atoms with Crippen LogP contribution in [-0.4, -0.2) is 19.4 Å². The van der Waals surface area contributed by atoms with Crippen molar-refractivity contribution in [2.24, 2.45) is 0 Å². The van der Waals surface area contributed by atoms with Crippen LogP contribution in [0.2, 0.25) is 0 Å². The Morgan fingerprint density at radius 1 is 0.788 bits per heavy atom. The van der Waals surface area contributed by atoms with Crippen molar-refractivity contribution in [2.75, 3.05) is 10.6 Å². The van der Waals surface area contributed by atoms with Gasteiger partial charge in [-0.2, -0.15) is 0 Å². The summed E-state index contributed by atoms with van der Waals surface area (Å²) in [4.78, 5) is 16.2. The van der Waals surface area contributed by atoms with Gasteiger partial charge in [0.05, 0.1) is 10.6 Å². The van der Waals surface area contributed by atoms with E-state index in [1.165, 1.54) is 12.1 Å². The minimum Gasteiger partial charge on any atom is -0.308 e. The fourth-order valence-corrected chi connectivity index (χ4v) is 4.62. The minimum atomic E-state index is -3.61. The van der Waals surface area contributed by atoms with E-state index >= 15 is 0 Å². The van der Waals surface area contributed by atoms with Gasteiger partial charge in [0.2, 0.25) is 0 Å². The van der Waals surface area contributed by atoms with Gasteiger partial charge in [-0.1, -0.05) is 36.4 Å². The molecule has 0 fully saturated rings. The summed E-state index contributed by atoms with van der Waals surface area (Å²) >= 11 is 0. The van der Waals surface area contributed by atoms with Crippen molar-refractivity contribution in [3.63, 3.8) is 0 Å². The highest BCUT2D eigenvalue weighted by atomic mass is 32.2. The fourth-order valence-electron chi connectivity index (χ4n) is 3.23. The molecule has 2 N–H and O–H groups in total. The van der Waals surface area contributed by atoms with Gasteiger partial charge in [0.15, 0.2) is 9.84 Å². The summed E-state index contributed by atoms with van der Waals surface area (Å²) in [7, 11) is -3.61. The van der Waals surface area contributed by atoms with E-state index in [1.54, 1.807) is 85.2 Å². The molecule has 0 aliphatic carbocycles. The van der Waals surface area contributed by atoms with Gasteiger partial charge in [-0.15, -0.1) is 0 Å².